The Morgan fingerprint density at radius 3 is 2.24 bits per heavy atom. The first-order valence-corrected chi connectivity index (χ1v) is 7.61. The van der Waals surface area contributed by atoms with E-state index in [-0.39, 0.29) is 5.91 Å². The minimum Gasteiger partial charge on any atom is -0.368 e. The highest BCUT2D eigenvalue weighted by atomic mass is 16.1. The predicted molar refractivity (Wildman–Crippen MR) is 84.9 cm³/mol. The number of hydrogen-bond donors (Lipinski definition) is 2. The molecule has 0 aromatic heterocycles. The van der Waals surface area contributed by atoms with Gasteiger partial charge in [0.15, 0.2) is 0 Å². The van der Waals surface area contributed by atoms with E-state index in [1.165, 1.54) is 0 Å². The Balaban J connectivity index is 2.16. The number of nitrogens with one attached hydrogen (secondary N) is 1. The van der Waals surface area contributed by atoms with Crippen LogP contribution in [0.1, 0.15) is 12.5 Å². The summed E-state index contributed by atoms with van der Waals surface area (Å²) < 4.78 is 0. The molecule has 2 rings (SSSR count). The summed E-state index contributed by atoms with van der Waals surface area (Å²) in [5.41, 5.74) is 5.85. The van der Waals surface area contributed by atoms with Gasteiger partial charge in [-0.15, -0.1) is 0 Å². The quantitative estimate of drug-likeness (QED) is 0.787. The van der Waals surface area contributed by atoms with Gasteiger partial charge < -0.3 is 16.0 Å². The van der Waals surface area contributed by atoms with Gasteiger partial charge in [-0.25, -0.2) is 0 Å². The molecule has 0 aliphatic carbocycles. The van der Waals surface area contributed by atoms with Gasteiger partial charge >= 0.3 is 0 Å². The van der Waals surface area contributed by atoms with Crippen molar-refractivity contribution in [2.75, 3.05) is 46.3 Å². The van der Waals surface area contributed by atoms with Gasteiger partial charge in [-0.3, -0.25) is 9.69 Å². The Morgan fingerprint density at radius 1 is 1.19 bits per heavy atom. The van der Waals surface area contributed by atoms with Crippen LogP contribution in [0.4, 0.5) is 0 Å². The molecule has 3 N–H and O–H groups in total. The molecule has 0 saturated carbocycles. The summed E-state index contributed by atoms with van der Waals surface area (Å²) in [5.74, 6) is -0.325. The van der Waals surface area contributed by atoms with Gasteiger partial charge in [-0.2, -0.15) is 0 Å². The normalized spacial score (nSPS) is 20.1. The molecule has 0 spiro atoms. The topological polar surface area (TPSA) is 61.6 Å². The fraction of sp³-hybridized carbons (Fsp3) is 0.562. The molecule has 1 aromatic rings. The fourth-order valence-electron chi connectivity index (χ4n) is 2.98. The SMILES string of the molecule is CCN1CCN(CC(NC)(C(N)=O)c2ccccc2)CC1. The lowest BCUT2D eigenvalue weighted by molar-refractivity contribution is -0.125. The summed E-state index contributed by atoms with van der Waals surface area (Å²) in [4.78, 5) is 16.9. The highest BCUT2D eigenvalue weighted by Crippen LogP contribution is 2.22. The van der Waals surface area contributed by atoms with Gasteiger partial charge in [0.05, 0.1) is 0 Å². The van der Waals surface area contributed by atoms with Crippen molar-refractivity contribution >= 4 is 5.91 Å². The lowest BCUT2D eigenvalue weighted by Crippen LogP contribution is -2.60. The number of benzene rings is 1. The van der Waals surface area contributed by atoms with Crippen molar-refractivity contribution in [1.29, 1.82) is 0 Å². The third-order valence-corrected chi connectivity index (χ3v) is 4.49. The molecule has 1 saturated heterocycles. The van der Waals surface area contributed by atoms with Crippen molar-refractivity contribution in [3.8, 4) is 0 Å². The molecule has 5 nitrogen and oxygen atoms in total. The number of amides is 1. The summed E-state index contributed by atoms with van der Waals surface area (Å²) in [6.07, 6.45) is 0. The Morgan fingerprint density at radius 2 is 1.76 bits per heavy atom. The molecule has 1 aromatic carbocycles. The van der Waals surface area contributed by atoms with Crippen LogP contribution >= 0.6 is 0 Å². The van der Waals surface area contributed by atoms with E-state index in [0.29, 0.717) is 6.54 Å². The number of carbonyl (C=O) groups is 1. The molecule has 1 heterocycles. The van der Waals surface area contributed by atoms with Crippen molar-refractivity contribution in [3.05, 3.63) is 35.9 Å². The summed E-state index contributed by atoms with van der Waals surface area (Å²) >= 11 is 0. The molecular weight excluding hydrogens is 264 g/mol. The smallest absolute Gasteiger partial charge is 0.243 e. The minimum absolute atomic E-state index is 0.325. The lowest BCUT2D eigenvalue weighted by Gasteiger charge is -2.40. The van der Waals surface area contributed by atoms with Gasteiger partial charge in [0.1, 0.15) is 5.54 Å². The van der Waals surface area contributed by atoms with Crippen molar-refractivity contribution in [2.24, 2.45) is 5.73 Å². The predicted octanol–water partition coefficient (Wildman–Crippen LogP) is 0.224. The number of primary amides is 1. The van der Waals surface area contributed by atoms with E-state index in [1.807, 2.05) is 30.3 Å². The minimum atomic E-state index is -0.824. The number of carbonyl (C=O) groups excluding carboxylic acids is 1. The second kappa shape index (κ2) is 7.02. The van der Waals surface area contributed by atoms with Gasteiger partial charge in [0.25, 0.3) is 0 Å². The van der Waals surface area contributed by atoms with Crippen molar-refractivity contribution < 1.29 is 4.79 Å². The first-order valence-electron chi connectivity index (χ1n) is 7.61. The Bertz CT molecular complexity index is 457. The van der Waals surface area contributed by atoms with Crippen LogP contribution in [0.3, 0.4) is 0 Å². The number of likely N-dealkylation sites (N-methyl/N-ethyl adjacent to an activating group) is 2. The zero-order chi connectivity index (χ0) is 15.3. The highest BCUT2D eigenvalue weighted by Gasteiger charge is 2.39. The third kappa shape index (κ3) is 3.43. The van der Waals surface area contributed by atoms with Gasteiger partial charge in [0.2, 0.25) is 5.91 Å². The number of piperazine rings is 1. The largest absolute Gasteiger partial charge is 0.368 e. The van der Waals surface area contributed by atoms with Crippen LogP contribution in [0, 0.1) is 0 Å². The fourth-order valence-corrected chi connectivity index (χ4v) is 2.98. The summed E-state index contributed by atoms with van der Waals surface area (Å²) in [5, 5.41) is 3.17. The second-order valence-electron chi connectivity index (χ2n) is 5.60. The van der Waals surface area contributed by atoms with Crippen LogP contribution in [0.25, 0.3) is 0 Å². The van der Waals surface area contributed by atoms with Crippen molar-refractivity contribution in [2.45, 2.75) is 12.5 Å². The molecular formula is C16H26N4O. The van der Waals surface area contributed by atoms with Crippen molar-refractivity contribution in [3.63, 3.8) is 0 Å². The number of nitrogens with zero attached hydrogens (tertiary/aromatic N) is 2. The van der Waals surface area contributed by atoms with Gasteiger partial charge in [-0.05, 0) is 19.2 Å². The third-order valence-electron chi connectivity index (χ3n) is 4.49. The molecule has 5 heteroatoms. The van der Waals surface area contributed by atoms with Gasteiger partial charge in [0, 0.05) is 32.7 Å². The van der Waals surface area contributed by atoms with E-state index in [9.17, 15) is 4.79 Å². The maximum atomic E-state index is 12.2. The molecule has 0 radical (unpaired) electrons. The summed E-state index contributed by atoms with van der Waals surface area (Å²) in [7, 11) is 1.81. The monoisotopic (exact) mass is 290 g/mol. The highest BCUT2D eigenvalue weighted by molar-refractivity contribution is 5.86. The number of rotatable bonds is 6. The average molecular weight is 290 g/mol. The molecule has 1 atom stereocenters. The zero-order valence-electron chi connectivity index (χ0n) is 13.0. The molecule has 1 fully saturated rings. The van der Waals surface area contributed by atoms with Crippen LogP contribution in [-0.2, 0) is 10.3 Å². The number of nitrogens with two attached hydrogens (primary N) is 1. The Hall–Kier alpha value is -1.43. The van der Waals surface area contributed by atoms with Crippen LogP contribution in [0.5, 0.6) is 0 Å². The van der Waals surface area contributed by atoms with Crippen LogP contribution in [-0.4, -0.2) is 62.0 Å². The van der Waals surface area contributed by atoms with E-state index >= 15 is 0 Å². The zero-order valence-corrected chi connectivity index (χ0v) is 13.0. The van der Waals surface area contributed by atoms with Crippen molar-refractivity contribution in [1.82, 2.24) is 15.1 Å². The summed E-state index contributed by atoms with van der Waals surface area (Å²) in [6, 6.07) is 9.76. The first kappa shape index (κ1) is 15.9. The standard InChI is InChI=1S/C16H26N4O/c1-3-19-9-11-20(12-10-19)13-16(18-2,15(17)21)14-7-5-4-6-8-14/h4-8,18H,3,9-13H2,1-2H3,(H2,17,21). The van der Waals surface area contributed by atoms with E-state index < -0.39 is 5.54 Å². The van der Waals surface area contributed by atoms with Gasteiger partial charge in [-0.1, -0.05) is 37.3 Å². The Kier molecular flexibility index (Phi) is 5.33. The van der Waals surface area contributed by atoms with Crippen LogP contribution < -0.4 is 11.1 Å². The molecule has 1 unspecified atom stereocenters. The van der Waals surface area contributed by atoms with Crippen LogP contribution in [0.15, 0.2) is 30.3 Å². The first-order chi connectivity index (χ1) is 10.1. The molecule has 1 aliphatic rings. The second-order valence-corrected chi connectivity index (χ2v) is 5.60. The maximum absolute atomic E-state index is 12.2. The molecule has 1 amide bonds. The lowest BCUT2D eigenvalue weighted by atomic mass is 9.88. The number of hydrogen-bond acceptors (Lipinski definition) is 4. The molecule has 21 heavy (non-hydrogen) atoms. The summed E-state index contributed by atoms with van der Waals surface area (Å²) in [6.45, 7) is 7.91. The molecule has 1 aliphatic heterocycles. The van der Waals surface area contributed by atoms with E-state index in [2.05, 4.69) is 22.0 Å². The van der Waals surface area contributed by atoms with Crippen LogP contribution in [0.2, 0.25) is 0 Å². The Labute approximate surface area is 127 Å². The molecule has 116 valence electrons. The van der Waals surface area contributed by atoms with E-state index in [4.69, 9.17) is 5.73 Å². The van der Waals surface area contributed by atoms with E-state index in [0.717, 1.165) is 38.3 Å². The molecule has 0 bridgehead atoms. The van der Waals surface area contributed by atoms with E-state index in [1.54, 1.807) is 7.05 Å². The average Bonchev–Trinajstić information content (AvgIpc) is 2.54. The maximum Gasteiger partial charge on any atom is 0.243 e.